The van der Waals surface area contributed by atoms with Gasteiger partial charge in [0.25, 0.3) is 0 Å². The van der Waals surface area contributed by atoms with Crippen molar-refractivity contribution < 1.29 is 9.53 Å². The normalized spacial score (nSPS) is 15.7. The van der Waals surface area contributed by atoms with Crippen LogP contribution in [0.4, 0.5) is 0 Å². The highest BCUT2D eigenvalue weighted by molar-refractivity contribution is 5.98. The Kier molecular flexibility index (Phi) is 2.99. The average Bonchev–Trinajstić information content (AvgIpc) is 2.14. The number of carbonyl (C=O) groups excluding carboxylic acids is 1. The molecule has 2 nitrogen and oxygen atoms in total. The Morgan fingerprint density at radius 2 is 1.81 bits per heavy atom. The zero-order valence-electron chi connectivity index (χ0n) is 10.2. The zero-order chi connectivity index (χ0) is 11.7. The Morgan fingerprint density at radius 1 is 1.25 bits per heavy atom. The van der Waals surface area contributed by atoms with Gasteiger partial charge in [-0.05, 0) is 49.9 Å². The lowest BCUT2D eigenvalue weighted by Crippen LogP contribution is -2.22. The van der Waals surface area contributed by atoms with Gasteiger partial charge >= 0.3 is 0 Å². The minimum Gasteiger partial charge on any atom is -0.496 e. The van der Waals surface area contributed by atoms with E-state index in [1.807, 2.05) is 26.0 Å². The number of ketones is 1. The van der Waals surface area contributed by atoms with E-state index >= 15 is 0 Å². The van der Waals surface area contributed by atoms with Gasteiger partial charge in [-0.2, -0.15) is 0 Å². The minimum absolute atomic E-state index is 0.271. The van der Waals surface area contributed by atoms with Crippen molar-refractivity contribution in [3.63, 3.8) is 0 Å². The first kappa shape index (κ1) is 11.2. The molecule has 0 spiro atoms. The van der Waals surface area contributed by atoms with Crippen molar-refractivity contribution in [3.8, 4) is 5.75 Å². The Bertz CT molecular complexity index is 394. The number of carbonyl (C=O) groups is 1. The Labute approximate surface area is 96.6 Å². The van der Waals surface area contributed by atoms with Crippen molar-refractivity contribution in [2.75, 3.05) is 7.11 Å². The third kappa shape index (κ3) is 1.84. The maximum Gasteiger partial charge on any atom is 0.165 e. The highest BCUT2D eigenvalue weighted by Crippen LogP contribution is 2.32. The summed E-state index contributed by atoms with van der Waals surface area (Å²) < 4.78 is 5.30. The average molecular weight is 218 g/mol. The van der Waals surface area contributed by atoms with Crippen LogP contribution in [0, 0.1) is 19.8 Å². The highest BCUT2D eigenvalue weighted by Gasteiger charge is 2.26. The Hall–Kier alpha value is -1.31. The van der Waals surface area contributed by atoms with E-state index < -0.39 is 0 Å². The van der Waals surface area contributed by atoms with Crippen LogP contribution in [0.15, 0.2) is 12.1 Å². The number of rotatable bonds is 3. The van der Waals surface area contributed by atoms with E-state index in [0.717, 1.165) is 35.3 Å². The van der Waals surface area contributed by atoms with Gasteiger partial charge in [0.1, 0.15) is 5.75 Å². The SMILES string of the molecule is COc1c(C)cc(C(=O)C2CCC2)cc1C. The molecule has 0 N–H and O–H groups in total. The molecule has 0 bridgehead atoms. The predicted octanol–water partition coefficient (Wildman–Crippen LogP) is 3.29. The predicted molar refractivity (Wildman–Crippen MR) is 64.1 cm³/mol. The molecule has 2 rings (SSSR count). The molecule has 0 radical (unpaired) electrons. The van der Waals surface area contributed by atoms with Crippen LogP contribution in [0.5, 0.6) is 5.75 Å². The van der Waals surface area contributed by atoms with Crippen molar-refractivity contribution >= 4 is 5.78 Å². The van der Waals surface area contributed by atoms with Crippen LogP contribution in [0.2, 0.25) is 0 Å². The van der Waals surface area contributed by atoms with E-state index in [1.54, 1.807) is 7.11 Å². The van der Waals surface area contributed by atoms with E-state index in [0.29, 0.717) is 5.78 Å². The third-order valence-corrected chi connectivity index (χ3v) is 3.42. The Balaban J connectivity index is 2.31. The largest absolute Gasteiger partial charge is 0.496 e. The van der Waals surface area contributed by atoms with Gasteiger partial charge < -0.3 is 4.74 Å². The number of methoxy groups -OCH3 is 1. The number of benzene rings is 1. The minimum atomic E-state index is 0.271. The van der Waals surface area contributed by atoms with Gasteiger partial charge in [-0.25, -0.2) is 0 Å². The van der Waals surface area contributed by atoms with Gasteiger partial charge in [0.2, 0.25) is 0 Å². The molecule has 1 aromatic carbocycles. The first-order valence-corrected chi connectivity index (χ1v) is 5.83. The monoisotopic (exact) mass is 218 g/mol. The molecule has 16 heavy (non-hydrogen) atoms. The van der Waals surface area contributed by atoms with E-state index in [2.05, 4.69) is 0 Å². The smallest absolute Gasteiger partial charge is 0.165 e. The molecule has 0 amide bonds. The van der Waals surface area contributed by atoms with Crippen LogP contribution in [-0.4, -0.2) is 12.9 Å². The van der Waals surface area contributed by atoms with Crippen molar-refractivity contribution in [2.24, 2.45) is 5.92 Å². The number of ether oxygens (including phenoxy) is 1. The van der Waals surface area contributed by atoms with E-state index in [1.165, 1.54) is 6.42 Å². The van der Waals surface area contributed by atoms with Gasteiger partial charge in [-0.1, -0.05) is 6.42 Å². The fourth-order valence-corrected chi connectivity index (χ4v) is 2.32. The summed E-state index contributed by atoms with van der Waals surface area (Å²) in [5.74, 6) is 1.47. The summed E-state index contributed by atoms with van der Waals surface area (Å²) in [6, 6.07) is 3.90. The fourth-order valence-electron chi connectivity index (χ4n) is 2.32. The maximum atomic E-state index is 12.1. The van der Waals surface area contributed by atoms with Crippen LogP contribution in [0.1, 0.15) is 40.7 Å². The summed E-state index contributed by atoms with van der Waals surface area (Å²) >= 11 is 0. The van der Waals surface area contributed by atoms with Gasteiger partial charge in [0.05, 0.1) is 7.11 Å². The third-order valence-electron chi connectivity index (χ3n) is 3.42. The van der Waals surface area contributed by atoms with E-state index in [4.69, 9.17) is 4.74 Å². The maximum absolute atomic E-state index is 12.1. The summed E-state index contributed by atoms with van der Waals surface area (Å²) in [5, 5.41) is 0. The quantitative estimate of drug-likeness (QED) is 0.728. The summed E-state index contributed by atoms with van der Waals surface area (Å²) in [5.41, 5.74) is 2.94. The fraction of sp³-hybridized carbons (Fsp3) is 0.500. The molecule has 86 valence electrons. The topological polar surface area (TPSA) is 26.3 Å². The molecule has 0 aromatic heterocycles. The van der Waals surface area contributed by atoms with Crippen LogP contribution in [-0.2, 0) is 0 Å². The lowest BCUT2D eigenvalue weighted by atomic mass is 9.79. The van der Waals surface area contributed by atoms with Gasteiger partial charge in [-0.15, -0.1) is 0 Å². The molecule has 0 unspecified atom stereocenters. The standard InChI is InChI=1S/C14H18O2/c1-9-7-12(8-10(2)14(9)16-3)13(15)11-5-4-6-11/h7-8,11H,4-6H2,1-3H3. The van der Waals surface area contributed by atoms with Gasteiger partial charge in [-0.3, -0.25) is 4.79 Å². The van der Waals surface area contributed by atoms with Crippen molar-refractivity contribution in [1.29, 1.82) is 0 Å². The van der Waals surface area contributed by atoms with Crippen LogP contribution in [0.25, 0.3) is 0 Å². The number of Topliss-reactive ketones (excluding diaryl/α,β-unsaturated/α-hetero) is 1. The van der Waals surface area contributed by atoms with Gasteiger partial charge in [0.15, 0.2) is 5.78 Å². The molecular formula is C14H18O2. The molecule has 1 fully saturated rings. The lowest BCUT2D eigenvalue weighted by Gasteiger charge is -2.24. The van der Waals surface area contributed by atoms with Crippen molar-refractivity contribution in [1.82, 2.24) is 0 Å². The van der Waals surface area contributed by atoms with Crippen LogP contribution >= 0.6 is 0 Å². The highest BCUT2D eigenvalue weighted by atomic mass is 16.5. The summed E-state index contributed by atoms with van der Waals surface area (Å²) in [6.45, 7) is 3.98. The first-order chi connectivity index (χ1) is 7.63. The van der Waals surface area contributed by atoms with Gasteiger partial charge in [0, 0.05) is 11.5 Å². The lowest BCUT2D eigenvalue weighted by molar-refractivity contribution is 0.0855. The molecular weight excluding hydrogens is 200 g/mol. The molecule has 1 aliphatic rings. The number of aryl methyl sites for hydroxylation is 2. The molecule has 0 aliphatic heterocycles. The van der Waals surface area contributed by atoms with Crippen molar-refractivity contribution in [3.05, 3.63) is 28.8 Å². The summed E-state index contributed by atoms with van der Waals surface area (Å²) in [4.78, 5) is 12.1. The zero-order valence-corrected chi connectivity index (χ0v) is 10.2. The molecule has 1 saturated carbocycles. The molecule has 0 saturated heterocycles. The summed E-state index contributed by atoms with van der Waals surface area (Å²) in [6.07, 6.45) is 3.32. The van der Waals surface area contributed by atoms with E-state index in [-0.39, 0.29) is 5.92 Å². The molecule has 2 heteroatoms. The first-order valence-electron chi connectivity index (χ1n) is 5.83. The van der Waals surface area contributed by atoms with Crippen molar-refractivity contribution in [2.45, 2.75) is 33.1 Å². The Morgan fingerprint density at radius 3 is 2.19 bits per heavy atom. The number of hydrogen-bond acceptors (Lipinski definition) is 2. The second-order valence-corrected chi connectivity index (χ2v) is 4.64. The molecule has 1 aromatic rings. The second-order valence-electron chi connectivity index (χ2n) is 4.64. The summed E-state index contributed by atoms with van der Waals surface area (Å²) in [7, 11) is 1.67. The molecule has 0 atom stereocenters. The van der Waals surface area contributed by atoms with Crippen LogP contribution in [0.3, 0.4) is 0 Å². The second kappa shape index (κ2) is 4.28. The molecule has 0 heterocycles. The van der Waals surface area contributed by atoms with Crippen LogP contribution < -0.4 is 4.74 Å². The van der Waals surface area contributed by atoms with E-state index in [9.17, 15) is 4.79 Å². The number of hydrogen-bond donors (Lipinski definition) is 0. The molecule has 1 aliphatic carbocycles.